The number of nitrogens with zero attached hydrogens (tertiary/aromatic N) is 1. The molecule has 5 heteroatoms. The van der Waals surface area contributed by atoms with Crippen molar-refractivity contribution in [2.75, 3.05) is 5.32 Å². The van der Waals surface area contributed by atoms with Crippen LogP contribution in [0.5, 0.6) is 5.75 Å². The van der Waals surface area contributed by atoms with E-state index in [9.17, 15) is 4.79 Å². The highest BCUT2D eigenvalue weighted by molar-refractivity contribution is 6.02. The Labute approximate surface area is 145 Å². The largest absolute Gasteiger partial charge is 0.486 e. The number of carbonyl (C=O) groups excluding carboxylic acids is 1. The first-order valence-electron chi connectivity index (χ1n) is 8.32. The van der Waals surface area contributed by atoms with E-state index in [0.29, 0.717) is 18.1 Å². The highest BCUT2D eigenvalue weighted by Gasteiger charge is 2.13. The lowest BCUT2D eigenvalue weighted by Gasteiger charge is -2.06. The van der Waals surface area contributed by atoms with Crippen molar-refractivity contribution < 1.29 is 13.9 Å². The van der Waals surface area contributed by atoms with Crippen LogP contribution in [0, 0.1) is 0 Å². The Hall–Kier alpha value is -3.08. The van der Waals surface area contributed by atoms with Gasteiger partial charge >= 0.3 is 0 Å². The quantitative estimate of drug-likeness (QED) is 0.766. The molecule has 0 radical (unpaired) electrons. The topological polar surface area (TPSA) is 64.4 Å². The third-order valence-corrected chi connectivity index (χ3v) is 4.26. The number of pyridine rings is 1. The normalized spacial score (nSPS) is 12.6. The van der Waals surface area contributed by atoms with Crippen molar-refractivity contribution >= 4 is 11.6 Å². The van der Waals surface area contributed by atoms with Crippen LogP contribution in [-0.2, 0) is 19.4 Å². The maximum Gasteiger partial charge on any atom is 0.291 e. The van der Waals surface area contributed by atoms with Gasteiger partial charge in [-0.15, -0.1) is 0 Å². The Balaban J connectivity index is 1.37. The Morgan fingerprint density at radius 2 is 2.08 bits per heavy atom. The minimum absolute atomic E-state index is 0.247. The number of ether oxygens (including phenoxy) is 1. The number of nitrogens with one attached hydrogen (secondary N) is 1. The molecule has 0 aliphatic heterocycles. The van der Waals surface area contributed by atoms with E-state index in [1.54, 1.807) is 36.7 Å². The van der Waals surface area contributed by atoms with Gasteiger partial charge in [0.15, 0.2) is 5.76 Å². The molecule has 0 saturated heterocycles. The van der Waals surface area contributed by atoms with E-state index in [2.05, 4.69) is 22.4 Å². The van der Waals surface area contributed by atoms with Crippen LogP contribution in [0.4, 0.5) is 5.69 Å². The zero-order valence-corrected chi connectivity index (χ0v) is 13.7. The molecule has 0 atom stereocenters. The SMILES string of the molecule is O=C(Nc1cccnc1)c1ccc(COc2ccc3c(c2)CCC3)o1. The number of aryl methyl sites for hydroxylation is 2. The summed E-state index contributed by atoms with van der Waals surface area (Å²) >= 11 is 0. The third-order valence-electron chi connectivity index (χ3n) is 4.26. The summed E-state index contributed by atoms with van der Waals surface area (Å²) in [6.07, 6.45) is 6.72. The van der Waals surface area contributed by atoms with E-state index in [4.69, 9.17) is 9.15 Å². The number of fused-ring (bicyclic) bond motifs is 1. The van der Waals surface area contributed by atoms with E-state index in [0.717, 1.165) is 18.6 Å². The second-order valence-electron chi connectivity index (χ2n) is 6.03. The fraction of sp³-hybridized carbons (Fsp3) is 0.200. The maximum absolute atomic E-state index is 12.2. The predicted octanol–water partition coefficient (Wildman–Crippen LogP) is 3.99. The van der Waals surface area contributed by atoms with Crippen LogP contribution < -0.4 is 10.1 Å². The molecule has 1 amide bonds. The van der Waals surface area contributed by atoms with Crippen molar-refractivity contribution in [3.05, 3.63) is 77.5 Å². The zero-order chi connectivity index (χ0) is 17.1. The van der Waals surface area contributed by atoms with Gasteiger partial charge in [0.2, 0.25) is 0 Å². The average Bonchev–Trinajstić information content (AvgIpc) is 3.29. The summed E-state index contributed by atoms with van der Waals surface area (Å²) in [7, 11) is 0. The summed E-state index contributed by atoms with van der Waals surface area (Å²) in [5.41, 5.74) is 3.41. The fourth-order valence-corrected chi connectivity index (χ4v) is 3.00. The lowest BCUT2D eigenvalue weighted by molar-refractivity contribution is 0.0992. The number of furan rings is 1. The molecule has 0 saturated carbocycles. The van der Waals surface area contributed by atoms with Crippen LogP contribution in [0.1, 0.15) is 33.9 Å². The van der Waals surface area contributed by atoms with Gasteiger partial charge < -0.3 is 14.5 Å². The van der Waals surface area contributed by atoms with Gasteiger partial charge in [0, 0.05) is 6.20 Å². The Morgan fingerprint density at radius 1 is 1.16 bits per heavy atom. The van der Waals surface area contributed by atoms with Gasteiger partial charge in [0.25, 0.3) is 5.91 Å². The van der Waals surface area contributed by atoms with Gasteiger partial charge in [-0.3, -0.25) is 9.78 Å². The molecule has 2 aromatic heterocycles. The molecular weight excluding hydrogens is 316 g/mol. The number of amides is 1. The van der Waals surface area contributed by atoms with Gasteiger partial charge in [-0.1, -0.05) is 6.07 Å². The number of carbonyl (C=O) groups is 1. The lowest BCUT2D eigenvalue weighted by Crippen LogP contribution is -2.10. The second kappa shape index (κ2) is 6.81. The van der Waals surface area contributed by atoms with Crippen LogP contribution in [0.25, 0.3) is 0 Å². The number of aromatic nitrogens is 1. The van der Waals surface area contributed by atoms with Gasteiger partial charge in [-0.05, 0) is 66.8 Å². The Morgan fingerprint density at radius 3 is 2.96 bits per heavy atom. The first-order chi connectivity index (χ1) is 12.3. The molecule has 1 aliphatic rings. The molecule has 1 aromatic carbocycles. The molecule has 2 heterocycles. The van der Waals surface area contributed by atoms with E-state index < -0.39 is 0 Å². The highest BCUT2D eigenvalue weighted by atomic mass is 16.5. The van der Waals surface area contributed by atoms with Crippen LogP contribution >= 0.6 is 0 Å². The smallest absolute Gasteiger partial charge is 0.291 e. The lowest BCUT2D eigenvalue weighted by atomic mass is 10.1. The molecule has 25 heavy (non-hydrogen) atoms. The van der Waals surface area contributed by atoms with Crippen molar-refractivity contribution in [3.63, 3.8) is 0 Å². The van der Waals surface area contributed by atoms with E-state index in [1.165, 1.54) is 17.5 Å². The number of hydrogen-bond donors (Lipinski definition) is 1. The summed E-state index contributed by atoms with van der Waals surface area (Å²) in [5.74, 6) is 1.38. The number of benzene rings is 1. The summed E-state index contributed by atoms with van der Waals surface area (Å²) in [6.45, 7) is 0.291. The van der Waals surface area contributed by atoms with Crippen LogP contribution in [0.3, 0.4) is 0 Å². The molecule has 3 aromatic rings. The van der Waals surface area contributed by atoms with Crippen molar-refractivity contribution in [2.45, 2.75) is 25.9 Å². The maximum atomic E-state index is 12.2. The number of hydrogen-bond acceptors (Lipinski definition) is 4. The fourth-order valence-electron chi connectivity index (χ4n) is 3.00. The second-order valence-corrected chi connectivity index (χ2v) is 6.03. The zero-order valence-electron chi connectivity index (χ0n) is 13.7. The van der Waals surface area contributed by atoms with Gasteiger partial charge in [-0.2, -0.15) is 0 Å². The molecular formula is C20H18N2O3. The molecule has 1 N–H and O–H groups in total. The molecule has 126 valence electrons. The first kappa shape index (κ1) is 15.4. The third kappa shape index (κ3) is 3.55. The average molecular weight is 334 g/mol. The van der Waals surface area contributed by atoms with E-state index >= 15 is 0 Å². The summed E-state index contributed by atoms with van der Waals surface area (Å²) < 4.78 is 11.4. The van der Waals surface area contributed by atoms with Crippen LogP contribution in [-0.4, -0.2) is 10.9 Å². The van der Waals surface area contributed by atoms with E-state index in [1.807, 2.05) is 6.07 Å². The summed E-state index contributed by atoms with van der Waals surface area (Å²) in [4.78, 5) is 16.1. The predicted molar refractivity (Wildman–Crippen MR) is 93.7 cm³/mol. The van der Waals surface area contributed by atoms with Crippen LogP contribution in [0.2, 0.25) is 0 Å². The van der Waals surface area contributed by atoms with Crippen LogP contribution in [0.15, 0.2) is 59.3 Å². The van der Waals surface area contributed by atoms with Gasteiger partial charge in [0.05, 0.1) is 11.9 Å². The molecule has 0 spiro atoms. The standard InChI is InChI=1S/C20H18N2O3/c23-20(22-16-5-2-10-21-12-16)19-9-8-18(25-19)13-24-17-7-6-14-3-1-4-15(14)11-17/h2,5-12H,1,3-4,13H2,(H,22,23). The molecule has 5 nitrogen and oxygen atoms in total. The van der Waals surface area contributed by atoms with Crippen molar-refractivity contribution in [2.24, 2.45) is 0 Å². The first-order valence-corrected chi connectivity index (χ1v) is 8.32. The minimum atomic E-state index is -0.309. The molecule has 0 unspecified atom stereocenters. The monoisotopic (exact) mass is 334 g/mol. The Kier molecular flexibility index (Phi) is 4.21. The molecule has 0 bridgehead atoms. The summed E-state index contributed by atoms with van der Waals surface area (Å²) in [5, 5.41) is 2.74. The number of anilines is 1. The van der Waals surface area contributed by atoms with E-state index in [-0.39, 0.29) is 11.7 Å². The summed E-state index contributed by atoms with van der Waals surface area (Å²) in [6, 6.07) is 13.1. The minimum Gasteiger partial charge on any atom is -0.486 e. The molecule has 4 rings (SSSR count). The van der Waals surface area contributed by atoms with Gasteiger partial charge in [-0.25, -0.2) is 0 Å². The number of rotatable bonds is 5. The van der Waals surface area contributed by atoms with Crippen molar-refractivity contribution in [1.82, 2.24) is 4.98 Å². The molecule has 1 aliphatic carbocycles. The van der Waals surface area contributed by atoms with Crippen molar-refractivity contribution in [3.8, 4) is 5.75 Å². The highest BCUT2D eigenvalue weighted by Crippen LogP contribution is 2.26. The van der Waals surface area contributed by atoms with Gasteiger partial charge in [0.1, 0.15) is 18.1 Å². The van der Waals surface area contributed by atoms with Crippen molar-refractivity contribution in [1.29, 1.82) is 0 Å². The molecule has 0 fully saturated rings. The Bertz CT molecular complexity index is 887.